The van der Waals surface area contributed by atoms with Gasteiger partial charge in [0, 0.05) is 6.07 Å². The molecule has 2 fully saturated rings. The molecule has 6 nitrogen and oxygen atoms in total. The Bertz CT molecular complexity index is 990. The smallest absolute Gasteiger partial charge is 0.379 e. The molecule has 6 heteroatoms. The maximum atomic E-state index is 13.0. The van der Waals surface area contributed by atoms with Crippen LogP contribution in [0.15, 0.2) is 58.7 Å². The van der Waals surface area contributed by atoms with E-state index >= 15 is 0 Å². The predicted molar refractivity (Wildman–Crippen MR) is 94.9 cm³/mol. The number of rotatable bonds is 3. The first-order valence-electron chi connectivity index (χ1n) is 8.96. The summed E-state index contributed by atoms with van der Waals surface area (Å²) in [5, 5.41) is 0. The summed E-state index contributed by atoms with van der Waals surface area (Å²) in [5.74, 6) is -0.809. The summed E-state index contributed by atoms with van der Waals surface area (Å²) in [6.07, 6.45) is 4.42. The SMILES string of the molecule is CC1=C[C@H]2C[C@H]1[C@@H]1C(=O)N(c3cccc(OC(=O)c4ccco4)c3)C(=O)[C@@H]12. The van der Waals surface area contributed by atoms with Gasteiger partial charge >= 0.3 is 5.97 Å². The molecule has 1 aromatic heterocycles. The van der Waals surface area contributed by atoms with Gasteiger partial charge in [-0.25, -0.2) is 9.69 Å². The number of hydrogen-bond acceptors (Lipinski definition) is 5. The minimum absolute atomic E-state index is 0.0846. The lowest BCUT2D eigenvalue weighted by Crippen LogP contribution is -2.32. The Morgan fingerprint density at radius 1 is 1.15 bits per heavy atom. The minimum atomic E-state index is -0.633. The molecule has 2 aromatic rings. The molecule has 2 heterocycles. The molecular weight excluding hydrogens is 346 g/mol. The van der Waals surface area contributed by atoms with Crippen LogP contribution in [0.4, 0.5) is 5.69 Å². The molecule has 1 saturated heterocycles. The second-order valence-corrected chi connectivity index (χ2v) is 7.34. The van der Waals surface area contributed by atoms with E-state index in [1.165, 1.54) is 22.8 Å². The fourth-order valence-corrected chi connectivity index (χ4v) is 4.77. The fourth-order valence-electron chi connectivity index (χ4n) is 4.77. The van der Waals surface area contributed by atoms with Crippen LogP contribution in [-0.4, -0.2) is 17.8 Å². The first-order valence-corrected chi connectivity index (χ1v) is 8.96. The van der Waals surface area contributed by atoms with Gasteiger partial charge in [-0.1, -0.05) is 17.7 Å². The highest BCUT2D eigenvalue weighted by Crippen LogP contribution is 2.55. The Labute approximate surface area is 155 Å². The maximum Gasteiger partial charge on any atom is 0.379 e. The zero-order valence-electron chi connectivity index (χ0n) is 14.6. The second-order valence-electron chi connectivity index (χ2n) is 7.34. The topological polar surface area (TPSA) is 76.8 Å². The van der Waals surface area contributed by atoms with Crippen molar-refractivity contribution in [3.63, 3.8) is 0 Å². The van der Waals surface area contributed by atoms with E-state index < -0.39 is 5.97 Å². The van der Waals surface area contributed by atoms with E-state index in [2.05, 4.69) is 6.08 Å². The Morgan fingerprint density at radius 2 is 1.96 bits per heavy atom. The number of benzene rings is 1. The average molecular weight is 363 g/mol. The number of carbonyl (C=O) groups excluding carboxylic acids is 3. The number of ether oxygens (including phenoxy) is 1. The first kappa shape index (κ1) is 16.1. The summed E-state index contributed by atoms with van der Waals surface area (Å²) in [6, 6.07) is 9.59. The first-order chi connectivity index (χ1) is 13.0. The number of esters is 1. The van der Waals surface area contributed by atoms with Crippen molar-refractivity contribution in [1.82, 2.24) is 0 Å². The normalized spacial score (nSPS) is 28.5. The van der Waals surface area contributed by atoms with Gasteiger partial charge in [-0.15, -0.1) is 0 Å². The molecule has 2 amide bonds. The highest BCUT2D eigenvalue weighted by molar-refractivity contribution is 6.23. The lowest BCUT2D eigenvalue weighted by Gasteiger charge is -2.19. The number of amides is 2. The van der Waals surface area contributed by atoms with Crippen molar-refractivity contribution in [2.24, 2.45) is 23.7 Å². The molecule has 1 aromatic carbocycles. The van der Waals surface area contributed by atoms with Gasteiger partial charge in [0.2, 0.25) is 17.6 Å². The van der Waals surface area contributed by atoms with Gasteiger partial charge in [-0.2, -0.15) is 0 Å². The van der Waals surface area contributed by atoms with Gasteiger partial charge in [-0.3, -0.25) is 9.59 Å². The van der Waals surface area contributed by atoms with Crippen LogP contribution in [0.1, 0.15) is 23.9 Å². The number of furan rings is 1. The average Bonchev–Trinajstić information content (AvgIpc) is 3.40. The fraction of sp³-hybridized carbons (Fsp3) is 0.286. The van der Waals surface area contributed by atoms with Gasteiger partial charge in [-0.05, 0) is 49.4 Å². The van der Waals surface area contributed by atoms with Crippen LogP contribution in [0.25, 0.3) is 0 Å². The Morgan fingerprint density at radius 3 is 2.74 bits per heavy atom. The quantitative estimate of drug-likeness (QED) is 0.362. The number of imide groups is 1. The van der Waals surface area contributed by atoms with E-state index in [0.29, 0.717) is 5.69 Å². The third-order valence-corrected chi connectivity index (χ3v) is 5.89. The number of carbonyl (C=O) groups is 3. The van der Waals surface area contributed by atoms with Crippen LogP contribution in [0.2, 0.25) is 0 Å². The monoisotopic (exact) mass is 363 g/mol. The van der Waals surface area contributed by atoms with E-state index in [9.17, 15) is 14.4 Å². The summed E-state index contributed by atoms with van der Waals surface area (Å²) in [6.45, 7) is 2.04. The van der Waals surface area contributed by atoms with Crippen molar-refractivity contribution in [1.29, 1.82) is 0 Å². The Balaban J connectivity index is 1.42. The zero-order valence-corrected chi connectivity index (χ0v) is 14.6. The summed E-state index contributed by atoms with van der Waals surface area (Å²) >= 11 is 0. The van der Waals surface area contributed by atoms with E-state index in [1.54, 1.807) is 30.3 Å². The van der Waals surface area contributed by atoms with Crippen molar-refractivity contribution in [2.45, 2.75) is 13.3 Å². The van der Waals surface area contributed by atoms with Crippen LogP contribution in [0, 0.1) is 23.7 Å². The molecule has 2 aliphatic carbocycles. The summed E-state index contributed by atoms with van der Waals surface area (Å²) in [7, 11) is 0. The standard InChI is InChI=1S/C21H17NO5/c1-11-8-12-9-15(11)18-17(12)19(23)22(20(18)24)13-4-2-5-14(10-13)27-21(25)16-6-3-7-26-16/h2-8,10,12,15,17-18H,9H2,1H3/t12-,15+,17+,18-/m0/s1. The summed E-state index contributed by atoms with van der Waals surface area (Å²) < 4.78 is 10.3. The van der Waals surface area contributed by atoms with Crippen molar-refractivity contribution in [3.8, 4) is 5.75 Å². The lowest BCUT2D eigenvalue weighted by atomic mass is 9.82. The summed E-state index contributed by atoms with van der Waals surface area (Å²) in [4.78, 5) is 39.3. The molecule has 2 bridgehead atoms. The molecule has 0 radical (unpaired) electrons. The Hall–Kier alpha value is -3.15. The van der Waals surface area contributed by atoms with Gasteiger partial charge < -0.3 is 9.15 Å². The van der Waals surface area contributed by atoms with E-state index in [0.717, 1.165) is 6.42 Å². The number of hydrogen-bond donors (Lipinski definition) is 0. The third-order valence-electron chi connectivity index (χ3n) is 5.89. The lowest BCUT2D eigenvalue weighted by molar-refractivity contribution is -0.123. The number of nitrogens with zero attached hydrogens (tertiary/aromatic N) is 1. The molecule has 27 heavy (non-hydrogen) atoms. The van der Waals surface area contributed by atoms with E-state index in [4.69, 9.17) is 9.15 Å². The largest absolute Gasteiger partial charge is 0.457 e. The molecular formula is C21H17NO5. The molecule has 1 aliphatic heterocycles. The molecule has 1 saturated carbocycles. The van der Waals surface area contributed by atoms with Crippen molar-refractivity contribution < 1.29 is 23.5 Å². The van der Waals surface area contributed by atoms with Crippen LogP contribution >= 0.6 is 0 Å². The molecule has 5 rings (SSSR count). The van der Waals surface area contributed by atoms with Gasteiger partial charge in [0.15, 0.2) is 0 Å². The number of allylic oxidation sites excluding steroid dienone is 2. The Kier molecular flexibility index (Phi) is 3.37. The van der Waals surface area contributed by atoms with Gasteiger partial charge in [0.05, 0.1) is 23.8 Å². The van der Waals surface area contributed by atoms with Crippen molar-refractivity contribution in [3.05, 3.63) is 60.1 Å². The van der Waals surface area contributed by atoms with Crippen molar-refractivity contribution >= 4 is 23.5 Å². The van der Waals surface area contributed by atoms with Crippen LogP contribution in [-0.2, 0) is 9.59 Å². The molecule has 4 atom stereocenters. The van der Waals surface area contributed by atoms with Crippen LogP contribution in [0.3, 0.4) is 0 Å². The number of anilines is 1. The molecule has 136 valence electrons. The van der Waals surface area contributed by atoms with Gasteiger partial charge in [0.25, 0.3) is 0 Å². The van der Waals surface area contributed by atoms with E-state index in [1.807, 2.05) is 6.92 Å². The molecule has 0 spiro atoms. The third kappa shape index (κ3) is 2.29. The molecule has 0 unspecified atom stereocenters. The van der Waals surface area contributed by atoms with Crippen molar-refractivity contribution in [2.75, 3.05) is 4.90 Å². The van der Waals surface area contributed by atoms with Crippen LogP contribution in [0.5, 0.6) is 5.75 Å². The highest BCUT2D eigenvalue weighted by Gasteiger charge is 2.60. The maximum absolute atomic E-state index is 13.0. The summed E-state index contributed by atoms with van der Waals surface area (Å²) in [5.41, 5.74) is 1.64. The molecule has 0 N–H and O–H groups in total. The minimum Gasteiger partial charge on any atom is -0.457 e. The number of fused-ring (bicyclic) bond motifs is 5. The zero-order chi connectivity index (χ0) is 18.7. The second kappa shape index (κ2) is 5.67. The predicted octanol–water partition coefficient (Wildman–Crippen LogP) is 3.20. The van der Waals surface area contributed by atoms with E-state index in [-0.39, 0.29) is 47.0 Å². The van der Waals surface area contributed by atoms with Crippen LogP contribution < -0.4 is 9.64 Å². The molecule has 3 aliphatic rings. The highest BCUT2D eigenvalue weighted by atomic mass is 16.5. The van der Waals surface area contributed by atoms with Gasteiger partial charge in [0.1, 0.15) is 5.75 Å².